The van der Waals surface area contributed by atoms with Crippen LogP contribution in [0.5, 0.6) is 0 Å². The van der Waals surface area contributed by atoms with E-state index in [2.05, 4.69) is 14.9 Å². The average molecular weight is 286 g/mol. The second kappa shape index (κ2) is 5.92. The van der Waals surface area contributed by atoms with Crippen LogP contribution in [-0.2, 0) is 17.8 Å². The van der Waals surface area contributed by atoms with Crippen molar-refractivity contribution in [3.63, 3.8) is 0 Å². The van der Waals surface area contributed by atoms with Crippen molar-refractivity contribution >= 4 is 18.4 Å². The number of nitrogens with one attached hydrogen (secondary N) is 1. The third kappa shape index (κ3) is 2.77. The molecule has 0 amide bonds. The summed E-state index contributed by atoms with van der Waals surface area (Å²) < 4.78 is 2.16. The lowest BCUT2D eigenvalue weighted by atomic mass is 9.95. The maximum atomic E-state index is 11.1. The van der Waals surface area contributed by atoms with E-state index in [1.807, 2.05) is 6.20 Å². The molecular formula is C13H20ClN3O2. The summed E-state index contributed by atoms with van der Waals surface area (Å²) in [5.41, 5.74) is 1.21. The summed E-state index contributed by atoms with van der Waals surface area (Å²) in [6.07, 6.45) is 5.74. The van der Waals surface area contributed by atoms with Gasteiger partial charge in [-0.2, -0.15) is 0 Å². The minimum Gasteiger partial charge on any atom is -0.481 e. The highest BCUT2D eigenvalue weighted by Crippen LogP contribution is 2.29. The summed E-state index contributed by atoms with van der Waals surface area (Å²) in [6.45, 7) is 2.67. The number of rotatable bonds is 2. The molecule has 6 heteroatoms. The second-order valence-electron chi connectivity index (χ2n) is 5.32. The molecule has 1 atom stereocenters. The van der Waals surface area contributed by atoms with Crippen LogP contribution in [0.25, 0.3) is 0 Å². The van der Waals surface area contributed by atoms with E-state index >= 15 is 0 Å². The summed E-state index contributed by atoms with van der Waals surface area (Å²) in [4.78, 5) is 15.7. The molecule has 0 aliphatic carbocycles. The molecule has 0 bridgehead atoms. The first-order valence-electron chi connectivity index (χ1n) is 6.73. The Labute approximate surface area is 118 Å². The molecule has 5 nitrogen and oxygen atoms in total. The third-order valence-electron chi connectivity index (χ3n) is 4.17. The van der Waals surface area contributed by atoms with E-state index in [4.69, 9.17) is 5.11 Å². The van der Waals surface area contributed by atoms with Gasteiger partial charge in [0.1, 0.15) is 5.82 Å². The number of fused-ring (bicyclic) bond motifs is 1. The van der Waals surface area contributed by atoms with E-state index in [1.54, 1.807) is 0 Å². The van der Waals surface area contributed by atoms with Crippen molar-refractivity contribution in [1.29, 1.82) is 0 Å². The van der Waals surface area contributed by atoms with Crippen LogP contribution in [0.15, 0.2) is 6.20 Å². The molecule has 2 aliphatic heterocycles. The molecule has 0 spiro atoms. The van der Waals surface area contributed by atoms with Crippen LogP contribution in [0.4, 0.5) is 0 Å². The molecule has 1 unspecified atom stereocenters. The van der Waals surface area contributed by atoms with Gasteiger partial charge in [-0.15, -0.1) is 12.4 Å². The number of nitrogens with zero attached hydrogens (tertiary/aromatic N) is 2. The van der Waals surface area contributed by atoms with Crippen molar-refractivity contribution in [2.24, 2.45) is 5.92 Å². The fourth-order valence-electron chi connectivity index (χ4n) is 3.08. The zero-order valence-electron chi connectivity index (χ0n) is 10.8. The number of carboxylic acid groups (broad SMARTS) is 1. The van der Waals surface area contributed by atoms with Crippen LogP contribution in [0, 0.1) is 5.92 Å². The van der Waals surface area contributed by atoms with Crippen LogP contribution in [0.2, 0.25) is 0 Å². The molecule has 0 saturated carbocycles. The fourth-order valence-corrected chi connectivity index (χ4v) is 3.08. The first-order chi connectivity index (χ1) is 8.75. The largest absolute Gasteiger partial charge is 0.481 e. The van der Waals surface area contributed by atoms with Crippen LogP contribution in [0.1, 0.15) is 36.7 Å². The number of imidazole rings is 1. The number of aryl methyl sites for hydroxylation is 1. The molecule has 19 heavy (non-hydrogen) atoms. The molecule has 1 fully saturated rings. The van der Waals surface area contributed by atoms with Crippen LogP contribution in [0.3, 0.4) is 0 Å². The number of hydrogen-bond donors (Lipinski definition) is 2. The van der Waals surface area contributed by atoms with Crippen LogP contribution < -0.4 is 5.32 Å². The number of hydrogen-bond acceptors (Lipinski definition) is 3. The van der Waals surface area contributed by atoms with Crippen molar-refractivity contribution in [3.8, 4) is 0 Å². The molecular weight excluding hydrogens is 266 g/mol. The lowest BCUT2D eigenvalue weighted by Gasteiger charge is -2.27. The third-order valence-corrected chi connectivity index (χ3v) is 4.17. The van der Waals surface area contributed by atoms with Gasteiger partial charge in [-0.1, -0.05) is 0 Å². The summed E-state index contributed by atoms with van der Waals surface area (Å²) in [5.74, 6) is 0.683. The Kier molecular flexibility index (Phi) is 4.47. The zero-order chi connectivity index (χ0) is 12.5. The van der Waals surface area contributed by atoms with Crippen molar-refractivity contribution < 1.29 is 9.90 Å². The van der Waals surface area contributed by atoms with E-state index in [0.29, 0.717) is 12.5 Å². The van der Waals surface area contributed by atoms with Crippen LogP contribution in [-0.4, -0.2) is 33.7 Å². The zero-order valence-corrected chi connectivity index (χ0v) is 11.7. The maximum Gasteiger partial charge on any atom is 0.308 e. The van der Waals surface area contributed by atoms with Crippen molar-refractivity contribution in [2.75, 3.05) is 13.1 Å². The molecule has 0 aromatic carbocycles. The van der Waals surface area contributed by atoms with Crippen LogP contribution >= 0.6 is 12.4 Å². The molecule has 1 aromatic rings. The van der Waals surface area contributed by atoms with Gasteiger partial charge in [-0.3, -0.25) is 4.79 Å². The van der Waals surface area contributed by atoms with Gasteiger partial charge in [0, 0.05) is 24.4 Å². The molecule has 3 rings (SSSR count). The molecule has 106 valence electrons. The SMILES string of the molecule is Cl.O=C(O)C1CCc2cnc(C3CCNCC3)n2C1. The minimum atomic E-state index is -0.675. The predicted octanol–water partition coefficient (Wildman–Crippen LogP) is 1.42. The minimum absolute atomic E-state index is 0. The number of aliphatic carboxylic acids is 1. The molecule has 1 aromatic heterocycles. The van der Waals surface area contributed by atoms with Crippen molar-refractivity contribution in [2.45, 2.75) is 38.1 Å². The summed E-state index contributed by atoms with van der Waals surface area (Å²) in [7, 11) is 0. The monoisotopic (exact) mass is 285 g/mol. The lowest BCUT2D eigenvalue weighted by molar-refractivity contribution is -0.142. The Morgan fingerprint density at radius 1 is 1.37 bits per heavy atom. The molecule has 0 radical (unpaired) electrons. The van der Waals surface area contributed by atoms with Crippen molar-refractivity contribution in [3.05, 3.63) is 17.7 Å². The Hall–Kier alpha value is -1.07. The molecule has 1 saturated heterocycles. The number of carbonyl (C=O) groups is 1. The Balaban J connectivity index is 0.00000133. The highest BCUT2D eigenvalue weighted by molar-refractivity contribution is 5.85. The number of aromatic nitrogens is 2. The number of carboxylic acids is 1. The maximum absolute atomic E-state index is 11.1. The van der Waals surface area contributed by atoms with E-state index < -0.39 is 5.97 Å². The number of halogens is 1. The fraction of sp³-hybridized carbons (Fsp3) is 0.692. The Bertz CT molecular complexity index is 455. The smallest absolute Gasteiger partial charge is 0.308 e. The topological polar surface area (TPSA) is 67.2 Å². The lowest BCUT2D eigenvalue weighted by Crippen LogP contribution is -2.31. The van der Waals surface area contributed by atoms with E-state index in [-0.39, 0.29) is 18.3 Å². The average Bonchev–Trinajstić information content (AvgIpc) is 2.82. The van der Waals surface area contributed by atoms with E-state index in [0.717, 1.165) is 44.6 Å². The van der Waals surface area contributed by atoms with E-state index in [1.165, 1.54) is 5.69 Å². The van der Waals surface area contributed by atoms with Crippen molar-refractivity contribution in [1.82, 2.24) is 14.9 Å². The normalized spacial score (nSPS) is 23.5. The van der Waals surface area contributed by atoms with Gasteiger partial charge in [0.05, 0.1) is 5.92 Å². The van der Waals surface area contributed by atoms with Gasteiger partial charge < -0.3 is 15.0 Å². The molecule has 3 heterocycles. The van der Waals surface area contributed by atoms with Gasteiger partial charge in [0.15, 0.2) is 0 Å². The van der Waals surface area contributed by atoms with Gasteiger partial charge in [0.2, 0.25) is 0 Å². The predicted molar refractivity (Wildman–Crippen MR) is 73.8 cm³/mol. The summed E-state index contributed by atoms with van der Waals surface area (Å²) >= 11 is 0. The van der Waals surface area contributed by atoms with Gasteiger partial charge in [0.25, 0.3) is 0 Å². The highest BCUT2D eigenvalue weighted by Gasteiger charge is 2.29. The highest BCUT2D eigenvalue weighted by atomic mass is 35.5. The standard InChI is InChI=1S/C13H19N3O2.ClH/c17-13(18)10-1-2-11-7-15-12(16(11)8-10)9-3-5-14-6-4-9;/h7,9-10,14H,1-6,8H2,(H,17,18);1H. The van der Waals surface area contributed by atoms with Gasteiger partial charge in [-0.05, 0) is 38.8 Å². The molecule has 2 aliphatic rings. The Morgan fingerprint density at radius 3 is 2.79 bits per heavy atom. The van der Waals surface area contributed by atoms with E-state index in [9.17, 15) is 4.79 Å². The number of piperidine rings is 1. The van der Waals surface area contributed by atoms with Gasteiger partial charge in [-0.25, -0.2) is 4.98 Å². The second-order valence-corrected chi connectivity index (χ2v) is 5.32. The first-order valence-corrected chi connectivity index (χ1v) is 6.73. The first kappa shape index (κ1) is 14.3. The quantitative estimate of drug-likeness (QED) is 0.862. The van der Waals surface area contributed by atoms with Gasteiger partial charge >= 0.3 is 5.97 Å². The molecule has 2 N–H and O–H groups in total. The summed E-state index contributed by atoms with van der Waals surface area (Å²) in [6, 6.07) is 0. The Morgan fingerprint density at radius 2 is 2.11 bits per heavy atom. The summed E-state index contributed by atoms with van der Waals surface area (Å²) in [5, 5.41) is 12.5.